The van der Waals surface area contributed by atoms with Gasteiger partial charge in [0.05, 0.1) is 56.6 Å². The van der Waals surface area contributed by atoms with E-state index in [0.29, 0.717) is 50.4 Å². The van der Waals surface area contributed by atoms with Crippen LogP contribution < -0.4 is 14.8 Å². The smallest absolute Gasteiger partial charge is 0.444 e. The van der Waals surface area contributed by atoms with Crippen molar-refractivity contribution in [2.75, 3.05) is 39.3 Å². The Morgan fingerprint density at radius 1 is 0.495 bits per heavy atom. The zero-order valence-corrected chi connectivity index (χ0v) is 59.7. The number of aliphatic hydroxyl groups excluding tert-OH is 3. The number of phosphoric acid groups is 1. The Kier molecular flexibility index (Phi) is 31.4. The molecular weight excluding hydrogens is 1220 g/mol. The van der Waals surface area contributed by atoms with Gasteiger partial charge in [0, 0.05) is 48.2 Å². The van der Waals surface area contributed by atoms with E-state index in [-0.39, 0.29) is 80.3 Å². The summed E-state index contributed by atoms with van der Waals surface area (Å²) in [6.45, 7) is 37.4. The van der Waals surface area contributed by atoms with Gasteiger partial charge >= 0.3 is 38.3 Å². The first-order valence-electron chi connectivity index (χ1n) is 32.6. The van der Waals surface area contributed by atoms with Gasteiger partial charge < -0.3 is 78.3 Å². The molecule has 26 nitrogen and oxygen atoms in total. The summed E-state index contributed by atoms with van der Waals surface area (Å²) in [5, 5.41) is 31.6. The van der Waals surface area contributed by atoms with Crippen molar-refractivity contribution >= 4 is 38.3 Å². The number of hydrogen-bond donors (Lipinski definition) is 4. The molecule has 2 aromatic carbocycles. The molecule has 5 amide bonds. The summed E-state index contributed by atoms with van der Waals surface area (Å²) < 4.78 is 57.5. The van der Waals surface area contributed by atoms with Crippen LogP contribution in [0.2, 0.25) is 0 Å². The van der Waals surface area contributed by atoms with Crippen LogP contribution in [0.1, 0.15) is 189 Å². The number of ether oxygens (including phenoxy) is 5. The van der Waals surface area contributed by atoms with Crippen LogP contribution >= 0.6 is 7.82 Å². The maximum atomic E-state index is 13.6. The summed E-state index contributed by atoms with van der Waals surface area (Å²) in [6, 6.07) is 17.5. The van der Waals surface area contributed by atoms with Crippen molar-refractivity contribution in [3.63, 3.8) is 0 Å². The van der Waals surface area contributed by atoms with Gasteiger partial charge in [0.25, 0.3) is 0 Å². The van der Waals surface area contributed by atoms with E-state index in [2.05, 4.69) is 16.9 Å². The fourth-order valence-electron chi connectivity index (χ4n) is 10.6. The SMILES string of the molecule is CC(C)(C)OC(=O)N1C[C@H](O)C[C@H]1CO.CC[C@@H]1C[C@@H](O)CN1C(=O)OC(C)(C)C.CC[C@@H]1C[C@@H](OP(=O)(Oc2ccccc2)Oc2ccccc2)CN1C(=O)OC(C)(C)C.CC[C@@H]1C[C@H](N)CN1C(=O)OC(C)(C)C.CC[C@@H]1C[C@H](N=[N+]=[N-])CN1C(=O)OC(C)(C)C. The van der Waals surface area contributed by atoms with Crippen LogP contribution in [0.5, 0.6) is 11.5 Å². The first kappa shape index (κ1) is 81.0. The number of aliphatic hydroxyl groups is 3. The molecule has 0 unspecified atom stereocenters. The molecule has 0 aliphatic carbocycles. The molecule has 2 aromatic rings. The first-order chi connectivity index (χ1) is 43.0. The second-order valence-corrected chi connectivity index (χ2v) is 30.3. The molecule has 5 aliphatic heterocycles. The van der Waals surface area contributed by atoms with E-state index in [4.69, 9.17) is 53.6 Å². The number of rotatable bonds is 12. The highest BCUT2D eigenvalue weighted by Gasteiger charge is 2.44. The summed E-state index contributed by atoms with van der Waals surface area (Å²) in [7, 11) is -4.03. The number of hydrogen-bond acceptors (Lipinski definition) is 19. The third-order valence-electron chi connectivity index (χ3n) is 14.6. The van der Waals surface area contributed by atoms with Crippen LogP contribution in [0, 0.1) is 0 Å². The molecule has 5 saturated heterocycles. The van der Waals surface area contributed by atoms with Gasteiger partial charge in [-0.05, 0) is 191 Å². The van der Waals surface area contributed by atoms with Crippen LogP contribution in [0.4, 0.5) is 24.0 Å². The van der Waals surface area contributed by atoms with Crippen molar-refractivity contribution in [3.8, 4) is 11.5 Å². The van der Waals surface area contributed by atoms with Crippen molar-refractivity contribution in [2.45, 2.75) is 278 Å². The Morgan fingerprint density at radius 2 is 0.806 bits per heavy atom. The van der Waals surface area contributed by atoms with Gasteiger partial charge in [0.1, 0.15) is 39.5 Å². The predicted octanol–water partition coefficient (Wildman–Crippen LogP) is 13.0. The highest BCUT2D eigenvalue weighted by molar-refractivity contribution is 7.49. The number of benzene rings is 2. The molecule has 27 heteroatoms. The summed E-state index contributed by atoms with van der Waals surface area (Å²) in [6.07, 6.45) is 3.33. The number of likely N-dealkylation sites (tertiary alicyclic amines) is 5. The van der Waals surface area contributed by atoms with Crippen LogP contribution in [-0.2, 0) is 32.8 Å². The molecule has 5 fully saturated rings. The molecule has 10 atom stereocenters. The second-order valence-electron chi connectivity index (χ2n) is 28.8. The predicted molar refractivity (Wildman–Crippen MR) is 355 cm³/mol. The largest absolute Gasteiger partial charge is 0.587 e. The van der Waals surface area contributed by atoms with E-state index in [1.807, 2.05) is 116 Å². The Labute approximate surface area is 552 Å². The van der Waals surface area contributed by atoms with E-state index in [0.717, 1.165) is 38.5 Å². The average Bonchev–Trinajstić information content (AvgIpc) is 1.77. The average molecular weight is 1330 g/mol. The maximum Gasteiger partial charge on any atom is 0.587 e. The lowest BCUT2D eigenvalue weighted by Gasteiger charge is -2.28. The fourth-order valence-corrected chi connectivity index (χ4v) is 12.0. The third kappa shape index (κ3) is 29.5. The van der Waals surface area contributed by atoms with Crippen molar-refractivity contribution in [1.82, 2.24) is 24.5 Å². The number of β-amino-alcohol motifs (C(OH)–C–C–N with tert-alkyl or cyclic N) is 2. The number of carbonyl (C=O) groups is 5. The van der Waals surface area contributed by atoms with Crippen LogP contribution in [0.25, 0.3) is 10.4 Å². The van der Waals surface area contributed by atoms with Gasteiger partial charge in [0.15, 0.2) is 0 Å². The first-order valence-corrected chi connectivity index (χ1v) is 34.0. The fraction of sp³-hybridized carbons (Fsp3) is 0.742. The molecule has 0 aromatic heterocycles. The molecular formula is C66H112N9O17P. The quantitative estimate of drug-likeness (QED) is 0.0504. The normalized spacial score (nSPS) is 23.8. The van der Waals surface area contributed by atoms with Crippen molar-refractivity contribution in [1.29, 1.82) is 0 Å². The lowest BCUT2D eigenvalue weighted by molar-refractivity contribution is 0.0159. The number of nitrogens with zero attached hydrogens (tertiary/aromatic N) is 8. The number of amides is 5. The zero-order valence-electron chi connectivity index (χ0n) is 58.8. The molecule has 5 heterocycles. The van der Waals surface area contributed by atoms with E-state index in [1.54, 1.807) is 88.9 Å². The van der Waals surface area contributed by atoms with Crippen LogP contribution in [0.3, 0.4) is 0 Å². The Bertz CT molecular complexity index is 2570. The van der Waals surface area contributed by atoms with E-state index >= 15 is 0 Å². The minimum atomic E-state index is -4.03. The Balaban J connectivity index is 0.000000317. The summed E-state index contributed by atoms with van der Waals surface area (Å²) in [5.74, 6) is 0.742. The van der Waals surface area contributed by atoms with Crippen LogP contribution in [0.15, 0.2) is 65.8 Å². The summed E-state index contributed by atoms with van der Waals surface area (Å²) >= 11 is 0. The molecule has 93 heavy (non-hydrogen) atoms. The van der Waals surface area contributed by atoms with Crippen molar-refractivity contribution in [3.05, 3.63) is 71.1 Å². The van der Waals surface area contributed by atoms with Gasteiger partial charge in [-0.2, -0.15) is 0 Å². The standard InChI is InChI=1S/C23H30NO6P.C11H20N4O2.C11H22N2O2.C11H21NO3.C10H19NO4/c1-5-18-16-21(17-24(18)22(25)27-23(2,3)4)30-31(26,28-19-12-8-6-9-13-19)29-20-14-10-7-11-15-20;1-5-9-6-8(13-14-12)7-15(9)10(16)17-11(2,3)4;1-5-9-6-8(12)7-13(9)10(14)15-11(2,3)4;1-5-8-6-9(13)7-12(8)10(14)15-11(2,3)4;1-10(2,3)15-9(14)11-5-8(13)4-7(11)6-12/h6-15,18,21H,5,16-17H2,1-4H3;8-9H,5-7H2,1-4H3;8-9H,5-7,12H2,1-4H3;8-9,13H,5-7H2,1-4H3;7-8,12-13H,4-6H2,1-3H3/t18-,21-;2*8-,9+;8-,9-;7-,8+/m10010/s1. The van der Waals surface area contributed by atoms with Gasteiger partial charge in [-0.25, -0.2) is 28.5 Å². The van der Waals surface area contributed by atoms with E-state index in [9.17, 15) is 38.8 Å². The molecule has 528 valence electrons. The van der Waals surface area contributed by atoms with Gasteiger partial charge in [-0.15, -0.1) is 0 Å². The number of azide groups is 1. The highest BCUT2D eigenvalue weighted by Crippen LogP contribution is 2.52. The number of phosphoric ester groups is 1. The second kappa shape index (κ2) is 36.0. The highest BCUT2D eigenvalue weighted by atomic mass is 31.2. The molecule has 0 bridgehead atoms. The molecule has 5 N–H and O–H groups in total. The van der Waals surface area contributed by atoms with Gasteiger partial charge in [-0.1, -0.05) is 69.2 Å². The molecule has 0 radical (unpaired) electrons. The number of nitrogens with two attached hydrogens (primary N) is 1. The van der Waals surface area contributed by atoms with E-state index < -0.39 is 66.3 Å². The Hall–Kier alpha value is -6.27. The third-order valence-corrected chi connectivity index (χ3v) is 16.1. The lowest BCUT2D eigenvalue weighted by Crippen LogP contribution is -2.41. The minimum absolute atomic E-state index is 0.0817. The van der Waals surface area contributed by atoms with Gasteiger partial charge in [0.2, 0.25) is 0 Å². The molecule has 0 spiro atoms. The molecule has 0 saturated carbocycles. The van der Waals surface area contributed by atoms with Crippen LogP contribution in [-0.4, -0.2) is 198 Å². The van der Waals surface area contributed by atoms with Crippen molar-refractivity contribution in [2.24, 2.45) is 10.8 Å². The molecule has 7 rings (SSSR count). The number of para-hydroxylation sites is 2. The minimum Gasteiger partial charge on any atom is -0.444 e. The van der Waals surface area contributed by atoms with Crippen molar-refractivity contribution < 1.29 is 81.1 Å². The zero-order chi connectivity index (χ0) is 70.5. The topological polar surface area (TPSA) is 328 Å². The lowest BCUT2D eigenvalue weighted by atomic mass is 10.1. The number of carbonyl (C=O) groups excluding carboxylic acids is 5. The molecule has 5 aliphatic rings. The summed E-state index contributed by atoms with van der Waals surface area (Å²) in [5.41, 5.74) is 11.7. The maximum absolute atomic E-state index is 13.6. The van der Waals surface area contributed by atoms with E-state index in [1.165, 1.54) is 4.90 Å². The monoisotopic (exact) mass is 1330 g/mol. The van der Waals surface area contributed by atoms with Gasteiger partial charge in [-0.3, -0.25) is 4.52 Å². The summed E-state index contributed by atoms with van der Waals surface area (Å²) in [4.78, 5) is 70.7. The Morgan fingerprint density at radius 3 is 1.16 bits per heavy atom.